The molecular formula is C9H6FN3O. The summed E-state index contributed by atoms with van der Waals surface area (Å²) in [6.45, 7) is 0. The minimum Gasteiger partial charge on any atom is -0.323 e. The molecule has 1 aromatic rings. The topological polar surface area (TPSA) is 78.9 Å². The van der Waals surface area contributed by atoms with Gasteiger partial charge in [-0.15, -0.1) is 0 Å². The highest BCUT2D eigenvalue weighted by Crippen LogP contribution is 2.33. The Morgan fingerprint density at radius 1 is 1.57 bits per heavy atom. The molecule has 1 aliphatic rings. The van der Waals surface area contributed by atoms with Crippen molar-refractivity contribution < 1.29 is 9.18 Å². The molecule has 0 saturated heterocycles. The molecule has 0 spiro atoms. The number of nitrogens with two attached hydrogens (primary N) is 1. The molecule has 0 radical (unpaired) electrons. The molecule has 1 heterocycles. The summed E-state index contributed by atoms with van der Waals surface area (Å²) in [4.78, 5) is 11.3. The first-order valence-electron chi connectivity index (χ1n) is 3.89. The molecule has 1 atom stereocenters. The van der Waals surface area contributed by atoms with Crippen molar-refractivity contribution in [3.05, 3.63) is 29.6 Å². The number of halogens is 1. The van der Waals surface area contributed by atoms with E-state index in [1.54, 1.807) is 6.07 Å². The largest absolute Gasteiger partial charge is 0.323 e. The van der Waals surface area contributed by atoms with Gasteiger partial charge in [0.1, 0.15) is 5.82 Å². The van der Waals surface area contributed by atoms with Crippen LogP contribution >= 0.6 is 0 Å². The van der Waals surface area contributed by atoms with Gasteiger partial charge >= 0.3 is 0 Å². The first-order valence-corrected chi connectivity index (χ1v) is 3.89. The fraction of sp³-hybridized carbons (Fsp3) is 0.111. The van der Waals surface area contributed by atoms with Crippen LogP contribution < -0.4 is 11.1 Å². The Hall–Kier alpha value is -1.93. The van der Waals surface area contributed by atoms with Crippen LogP contribution in [0.4, 0.5) is 10.1 Å². The molecule has 0 saturated carbocycles. The van der Waals surface area contributed by atoms with Crippen molar-refractivity contribution in [2.75, 3.05) is 5.32 Å². The van der Waals surface area contributed by atoms with Crippen molar-refractivity contribution >= 4 is 11.6 Å². The van der Waals surface area contributed by atoms with Crippen LogP contribution in [0.3, 0.4) is 0 Å². The third kappa shape index (κ3) is 0.916. The smallest absolute Gasteiger partial charge is 0.264 e. The van der Waals surface area contributed by atoms with Crippen LogP contribution in [0, 0.1) is 17.1 Å². The van der Waals surface area contributed by atoms with Crippen LogP contribution in [0.1, 0.15) is 5.56 Å². The quantitative estimate of drug-likeness (QED) is 0.625. The van der Waals surface area contributed by atoms with Crippen LogP contribution in [-0.4, -0.2) is 5.91 Å². The van der Waals surface area contributed by atoms with Crippen molar-refractivity contribution in [3.8, 4) is 6.07 Å². The number of hydrogen-bond donors (Lipinski definition) is 2. The number of hydrogen-bond acceptors (Lipinski definition) is 3. The zero-order valence-electron chi connectivity index (χ0n) is 7.04. The molecule has 3 N–H and O–H groups in total. The average molecular weight is 191 g/mol. The first kappa shape index (κ1) is 8.66. The predicted molar refractivity (Wildman–Crippen MR) is 46.5 cm³/mol. The molecule has 5 heteroatoms. The van der Waals surface area contributed by atoms with Crippen LogP contribution in [0.25, 0.3) is 0 Å². The van der Waals surface area contributed by atoms with Gasteiger partial charge < -0.3 is 11.1 Å². The van der Waals surface area contributed by atoms with Crippen molar-refractivity contribution in [1.82, 2.24) is 0 Å². The van der Waals surface area contributed by atoms with Gasteiger partial charge in [0.15, 0.2) is 0 Å². The second-order valence-corrected chi connectivity index (χ2v) is 3.06. The van der Waals surface area contributed by atoms with Gasteiger partial charge in [0.2, 0.25) is 5.54 Å². The van der Waals surface area contributed by atoms with Gasteiger partial charge in [0.25, 0.3) is 5.91 Å². The number of nitrogens with one attached hydrogen (secondary N) is 1. The molecule has 0 fully saturated rings. The Morgan fingerprint density at radius 2 is 2.29 bits per heavy atom. The third-order valence-corrected chi connectivity index (χ3v) is 2.19. The molecule has 14 heavy (non-hydrogen) atoms. The molecule has 1 aliphatic heterocycles. The Kier molecular flexibility index (Phi) is 1.56. The van der Waals surface area contributed by atoms with E-state index >= 15 is 0 Å². The van der Waals surface area contributed by atoms with E-state index in [0.29, 0.717) is 5.56 Å². The number of carbonyl (C=O) groups excluding carboxylic acids is 1. The molecular weight excluding hydrogens is 185 g/mol. The fourth-order valence-electron chi connectivity index (χ4n) is 1.42. The maximum absolute atomic E-state index is 12.8. The Morgan fingerprint density at radius 3 is 2.93 bits per heavy atom. The van der Waals surface area contributed by atoms with Crippen LogP contribution in [0.15, 0.2) is 18.2 Å². The summed E-state index contributed by atoms with van der Waals surface area (Å²) >= 11 is 0. The lowest BCUT2D eigenvalue weighted by Crippen LogP contribution is -2.41. The summed E-state index contributed by atoms with van der Waals surface area (Å²) in [7, 11) is 0. The van der Waals surface area contributed by atoms with E-state index in [4.69, 9.17) is 11.0 Å². The van der Waals surface area contributed by atoms with Gasteiger partial charge in [-0.05, 0) is 12.1 Å². The summed E-state index contributed by atoms with van der Waals surface area (Å²) in [5.41, 5.74) is 4.45. The lowest BCUT2D eigenvalue weighted by atomic mass is 9.94. The number of anilines is 1. The van der Waals surface area contributed by atoms with E-state index in [-0.39, 0.29) is 5.69 Å². The molecule has 70 valence electrons. The maximum Gasteiger partial charge on any atom is 0.264 e. The normalized spacial score (nSPS) is 23.9. The summed E-state index contributed by atoms with van der Waals surface area (Å²) in [6, 6.07) is 5.35. The van der Waals surface area contributed by atoms with Gasteiger partial charge in [-0.1, -0.05) is 6.07 Å². The molecule has 4 nitrogen and oxygen atoms in total. The molecule has 1 amide bonds. The lowest BCUT2D eigenvalue weighted by molar-refractivity contribution is -0.118. The van der Waals surface area contributed by atoms with Crippen molar-refractivity contribution in [2.24, 2.45) is 5.73 Å². The highest BCUT2D eigenvalue weighted by molar-refractivity contribution is 6.07. The lowest BCUT2D eigenvalue weighted by Gasteiger charge is -2.10. The van der Waals surface area contributed by atoms with Gasteiger partial charge in [-0.25, -0.2) is 4.39 Å². The van der Waals surface area contributed by atoms with Crippen LogP contribution in [-0.2, 0) is 10.3 Å². The first-order chi connectivity index (χ1) is 6.58. The van der Waals surface area contributed by atoms with Crippen molar-refractivity contribution in [3.63, 3.8) is 0 Å². The number of fused-ring (bicyclic) bond motifs is 1. The number of nitriles is 1. The van der Waals surface area contributed by atoms with Gasteiger partial charge in [-0.2, -0.15) is 5.26 Å². The Bertz CT molecular complexity index is 466. The van der Waals surface area contributed by atoms with Crippen molar-refractivity contribution in [1.29, 1.82) is 5.26 Å². The molecule has 0 aliphatic carbocycles. The van der Waals surface area contributed by atoms with Crippen LogP contribution in [0.5, 0.6) is 0 Å². The summed E-state index contributed by atoms with van der Waals surface area (Å²) in [5, 5.41) is 11.1. The predicted octanol–water partition coefficient (Wildman–Crippen LogP) is 0.455. The molecule has 0 aromatic heterocycles. The van der Waals surface area contributed by atoms with E-state index in [1.807, 2.05) is 0 Å². The van der Waals surface area contributed by atoms with Gasteiger partial charge in [-0.3, -0.25) is 4.79 Å². The van der Waals surface area contributed by atoms with Crippen molar-refractivity contribution in [2.45, 2.75) is 5.54 Å². The number of rotatable bonds is 0. The van der Waals surface area contributed by atoms with Crippen LogP contribution in [0.2, 0.25) is 0 Å². The van der Waals surface area contributed by atoms with Gasteiger partial charge in [0, 0.05) is 5.56 Å². The zero-order chi connectivity index (χ0) is 10.3. The summed E-state index contributed by atoms with van der Waals surface area (Å²) in [5.74, 6) is -1.10. The number of amides is 1. The van der Waals surface area contributed by atoms with E-state index in [0.717, 1.165) is 12.1 Å². The molecule has 0 unspecified atom stereocenters. The standard InChI is InChI=1S/C9H6FN3O/c10-5-1-2-6-7(3-5)13-8(14)9(6,12)4-11/h1-3H,12H2,(H,13,14)/t9-/m0/s1. The summed E-state index contributed by atoms with van der Waals surface area (Å²) in [6.07, 6.45) is 0. The minimum absolute atomic E-state index is 0.263. The minimum atomic E-state index is -1.69. The molecule has 0 bridgehead atoms. The second-order valence-electron chi connectivity index (χ2n) is 3.06. The second kappa shape index (κ2) is 2.53. The fourth-order valence-corrected chi connectivity index (χ4v) is 1.42. The van der Waals surface area contributed by atoms with E-state index < -0.39 is 17.3 Å². The Labute approximate surface area is 79.1 Å². The highest BCUT2D eigenvalue weighted by atomic mass is 19.1. The number of carbonyl (C=O) groups is 1. The average Bonchev–Trinajstić information content (AvgIpc) is 2.39. The van der Waals surface area contributed by atoms with E-state index in [2.05, 4.69) is 5.32 Å². The van der Waals surface area contributed by atoms with E-state index in [1.165, 1.54) is 6.07 Å². The number of nitrogens with zero attached hydrogens (tertiary/aromatic N) is 1. The third-order valence-electron chi connectivity index (χ3n) is 2.19. The SMILES string of the molecule is N#C[C@@]1(N)C(=O)Nc2cc(F)ccc21. The zero-order valence-corrected chi connectivity index (χ0v) is 7.04. The molecule has 1 aromatic carbocycles. The summed E-state index contributed by atoms with van der Waals surface area (Å²) < 4.78 is 12.8. The highest BCUT2D eigenvalue weighted by Gasteiger charge is 2.44. The molecule has 2 rings (SSSR count). The Balaban J connectivity index is 2.66. The maximum atomic E-state index is 12.8. The van der Waals surface area contributed by atoms with E-state index in [9.17, 15) is 9.18 Å². The monoisotopic (exact) mass is 191 g/mol. The number of benzene rings is 1. The van der Waals surface area contributed by atoms with Gasteiger partial charge in [0.05, 0.1) is 11.8 Å².